The van der Waals surface area contributed by atoms with E-state index in [-0.39, 0.29) is 12.1 Å². The van der Waals surface area contributed by atoms with E-state index in [1.54, 1.807) is 0 Å². The largest absolute Gasteiger partial charge is 0.238 e. The first-order valence-electron chi connectivity index (χ1n) is 10.5. The number of hydrogen-bond acceptors (Lipinski definition) is 0. The van der Waals surface area contributed by atoms with Crippen LogP contribution < -0.4 is 10.4 Å². The molecule has 200 valence electrons. The molecule has 38 heavy (non-hydrogen) atoms. The molecule has 0 saturated heterocycles. The zero-order valence-corrected chi connectivity index (χ0v) is 18.8. The highest BCUT2D eigenvalue weighted by atomic mass is 19.2. The molecule has 3 atom stereocenters. The Morgan fingerprint density at radius 3 is 1.97 bits per heavy atom. The van der Waals surface area contributed by atoms with Gasteiger partial charge in [-0.25, -0.2) is 52.7 Å². The second-order valence-corrected chi connectivity index (χ2v) is 8.48. The Morgan fingerprint density at radius 2 is 1.42 bits per heavy atom. The minimum atomic E-state index is -3.55. The number of hydrogen-bond donors (Lipinski definition) is 0. The summed E-state index contributed by atoms with van der Waals surface area (Å²) in [5.41, 5.74) is -10.8. The topological polar surface area (TPSA) is 0 Å². The molecule has 0 aliphatic heterocycles. The average molecular weight is 552 g/mol. The first-order chi connectivity index (χ1) is 17.6. The van der Waals surface area contributed by atoms with Crippen molar-refractivity contribution in [2.45, 2.75) is 24.9 Å². The highest BCUT2D eigenvalue weighted by molar-refractivity contribution is 5.93. The number of benzene rings is 2. The summed E-state index contributed by atoms with van der Waals surface area (Å²) in [5.74, 6) is -18.5. The summed E-state index contributed by atoms with van der Waals surface area (Å²) in [4.78, 5) is 0. The van der Waals surface area contributed by atoms with Gasteiger partial charge >= 0.3 is 0 Å². The Bertz CT molecular complexity index is 1600. The van der Waals surface area contributed by atoms with Crippen LogP contribution in [0.4, 0.5) is 52.7 Å². The van der Waals surface area contributed by atoms with Crippen LogP contribution in [0.15, 0.2) is 71.4 Å². The Labute approximate surface area is 205 Å². The first kappa shape index (κ1) is 27.3. The molecule has 0 heterocycles. The lowest BCUT2D eigenvalue weighted by Crippen LogP contribution is -2.46. The van der Waals surface area contributed by atoms with Crippen molar-refractivity contribution in [1.29, 1.82) is 0 Å². The molecule has 2 aliphatic rings. The second kappa shape index (κ2) is 9.25. The lowest BCUT2D eigenvalue weighted by atomic mass is 9.72. The summed E-state index contributed by atoms with van der Waals surface area (Å²) < 4.78 is 175. The van der Waals surface area contributed by atoms with E-state index in [0.717, 1.165) is 0 Å². The van der Waals surface area contributed by atoms with Gasteiger partial charge in [0.1, 0.15) is 11.6 Å². The average Bonchev–Trinajstić information content (AvgIpc) is 2.84. The van der Waals surface area contributed by atoms with Gasteiger partial charge in [0.05, 0.1) is 5.56 Å². The fourth-order valence-electron chi connectivity index (χ4n) is 4.51. The van der Waals surface area contributed by atoms with E-state index in [1.165, 1.54) is 0 Å². The predicted molar refractivity (Wildman–Crippen MR) is 113 cm³/mol. The van der Waals surface area contributed by atoms with Gasteiger partial charge in [-0.1, -0.05) is 12.6 Å². The van der Waals surface area contributed by atoms with Gasteiger partial charge in [-0.15, -0.1) is 0 Å². The summed E-state index contributed by atoms with van der Waals surface area (Å²) in [6, 6.07) is 1.36. The number of allylic oxidation sites excluding steroid dienone is 7. The maximum Gasteiger partial charge on any atom is 0.193 e. The van der Waals surface area contributed by atoms with E-state index in [1.807, 2.05) is 0 Å². The van der Waals surface area contributed by atoms with Crippen molar-refractivity contribution < 1.29 is 52.7 Å². The molecule has 0 bridgehead atoms. The third-order valence-electron chi connectivity index (χ3n) is 6.11. The lowest BCUT2D eigenvalue weighted by molar-refractivity contribution is 0.186. The monoisotopic (exact) mass is 552 g/mol. The Kier molecular flexibility index (Phi) is 6.65. The summed E-state index contributed by atoms with van der Waals surface area (Å²) in [5, 5.41) is -1.75. The molecular formula is C26H12F12. The van der Waals surface area contributed by atoms with E-state index in [0.29, 0.717) is 25.1 Å². The third kappa shape index (κ3) is 3.97. The number of halogens is 12. The Balaban J connectivity index is 2.38. The first-order valence-corrected chi connectivity index (χ1v) is 10.5. The van der Waals surface area contributed by atoms with Gasteiger partial charge in [0.25, 0.3) is 0 Å². The van der Waals surface area contributed by atoms with Gasteiger partial charge in [-0.3, -0.25) is 0 Å². The summed E-state index contributed by atoms with van der Waals surface area (Å²) in [6.07, 6.45) is -6.75. The van der Waals surface area contributed by atoms with Crippen LogP contribution in [0.1, 0.15) is 12.5 Å². The van der Waals surface area contributed by atoms with E-state index in [9.17, 15) is 48.3 Å². The normalized spacial score (nSPS) is 24.9. The molecule has 4 rings (SSSR count). The molecule has 3 unspecified atom stereocenters. The van der Waals surface area contributed by atoms with Crippen molar-refractivity contribution in [3.8, 4) is 0 Å². The van der Waals surface area contributed by atoms with Crippen LogP contribution in [-0.2, 0) is 0 Å². The van der Waals surface area contributed by atoms with E-state index in [4.69, 9.17) is 0 Å². The highest BCUT2D eigenvalue weighted by Gasteiger charge is 2.48. The molecule has 2 aromatic rings. The number of alkyl halides is 3. The van der Waals surface area contributed by atoms with Gasteiger partial charge in [0.2, 0.25) is 0 Å². The van der Waals surface area contributed by atoms with Crippen LogP contribution in [0.5, 0.6) is 0 Å². The van der Waals surface area contributed by atoms with Crippen LogP contribution in [0, 0.1) is 29.1 Å². The highest BCUT2D eigenvalue weighted by Crippen LogP contribution is 2.49. The molecule has 12 heteroatoms. The zero-order chi connectivity index (χ0) is 28.4. The van der Waals surface area contributed by atoms with Gasteiger partial charge in [0, 0.05) is 22.8 Å². The number of rotatable bonds is 3. The second-order valence-electron chi connectivity index (χ2n) is 8.48. The van der Waals surface area contributed by atoms with Crippen molar-refractivity contribution in [1.82, 2.24) is 0 Å². The molecule has 0 saturated carbocycles. The molecule has 0 nitrogen and oxygen atoms in total. The van der Waals surface area contributed by atoms with Crippen LogP contribution in [-0.4, -0.2) is 18.0 Å². The Hall–Kier alpha value is -3.70. The smallest absolute Gasteiger partial charge is 0.193 e. The summed E-state index contributed by atoms with van der Waals surface area (Å²) in [7, 11) is 0. The minimum Gasteiger partial charge on any atom is -0.238 e. The van der Waals surface area contributed by atoms with Crippen molar-refractivity contribution in [2.75, 3.05) is 0 Å². The maximum absolute atomic E-state index is 16.6. The van der Waals surface area contributed by atoms with Crippen LogP contribution in [0.3, 0.4) is 0 Å². The molecule has 0 radical (unpaired) electrons. The Morgan fingerprint density at radius 1 is 0.842 bits per heavy atom. The molecule has 0 spiro atoms. The molecule has 0 aromatic heterocycles. The van der Waals surface area contributed by atoms with E-state index in [2.05, 4.69) is 6.58 Å². The van der Waals surface area contributed by atoms with Crippen molar-refractivity contribution >= 4 is 11.1 Å². The van der Waals surface area contributed by atoms with E-state index >= 15 is 4.39 Å². The van der Waals surface area contributed by atoms with Crippen molar-refractivity contribution in [3.63, 3.8) is 0 Å². The van der Waals surface area contributed by atoms with Gasteiger partial charge in [-0.05, 0) is 41.1 Å². The summed E-state index contributed by atoms with van der Waals surface area (Å²) in [6.45, 7) is 3.24. The predicted octanol–water partition coefficient (Wildman–Crippen LogP) is 6.95. The van der Waals surface area contributed by atoms with Gasteiger partial charge in [0.15, 0.2) is 58.8 Å². The van der Waals surface area contributed by atoms with Gasteiger partial charge < -0.3 is 0 Å². The maximum atomic E-state index is 16.6. The lowest BCUT2D eigenvalue weighted by Gasteiger charge is -2.35. The van der Waals surface area contributed by atoms with Crippen molar-refractivity contribution in [3.05, 3.63) is 116 Å². The molecule has 0 fully saturated rings. The van der Waals surface area contributed by atoms with Gasteiger partial charge in [-0.2, -0.15) is 0 Å². The summed E-state index contributed by atoms with van der Waals surface area (Å²) >= 11 is 0. The minimum absolute atomic E-state index is 0.113. The fraction of sp³-hybridized carbons (Fsp3) is 0.154. The van der Waals surface area contributed by atoms with Crippen molar-refractivity contribution in [2.24, 2.45) is 0 Å². The number of fused-ring (bicyclic) bond motifs is 1. The third-order valence-corrected chi connectivity index (χ3v) is 6.11. The molecular weight excluding hydrogens is 540 g/mol. The standard InChI is InChI=1S/C26H12F12/c1-8(27)5-12-15(16-21(33)23(35)25(37)24(36)22(16)34)11-6-9(28)3-4-10(11)18(26(12,2)38)17-19(31)13(29)7-14(30)20(17)32/h3-7,21,23H,1H2,2H3/b12-5-. The quantitative estimate of drug-likeness (QED) is 0.286. The fourth-order valence-corrected chi connectivity index (χ4v) is 4.51. The zero-order valence-electron chi connectivity index (χ0n) is 18.8. The van der Waals surface area contributed by atoms with Crippen LogP contribution in [0.25, 0.3) is 11.1 Å². The van der Waals surface area contributed by atoms with Crippen LogP contribution >= 0.6 is 0 Å². The molecule has 0 amide bonds. The molecule has 0 N–H and O–H groups in total. The van der Waals surface area contributed by atoms with Crippen LogP contribution in [0.2, 0.25) is 0 Å². The SMILES string of the molecule is C=C(F)/C=C1/C(C2=C(F)C(F)=C(F)C(F)C2F)=c2cc(F)ccc2=C(c2c(F)c(F)cc(F)c2F)C1(C)F. The van der Waals surface area contributed by atoms with E-state index < -0.39 is 109 Å². The molecule has 2 aromatic carbocycles. The molecule has 2 aliphatic carbocycles.